The number of pyridine rings is 1. The number of rotatable bonds is 8. The van der Waals surface area contributed by atoms with Crippen molar-refractivity contribution in [2.45, 2.75) is 9.37 Å². The molecule has 10 heteroatoms. The van der Waals surface area contributed by atoms with Gasteiger partial charge in [-0.05, 0) is 48.5 Å². The number of hydrogen-bond donors (Lipinski definition) is 2. The molecule has 2 N–H and O–H groups in total. The molecule has 3 aromatic carbocycles. The van der Waals surface area contributed by atoms with E-state index in [1.807, 2.05) is 78.9 Å². The summed E-state index contributed by atoms with van der Waals surface area (Å²) in [7, 11) is 0. The van der Waals surface area contributed by atoms with Gasteiger partial charge in [0.1, 0.15) is 11.2 Å². The van der Waals surface area contributed by atoms with Gasteiger partial charge in [0, 0.05) is 34.4 Å². The third-order valence-corrected chi connectivity index (χ3v) is 8.74. The van der Waals surface area contributed by atoms with Gasteiger partial charge in [-0.1, -0.05) is 47.8 Å². The largest absolute Gasteiger partial charge is 0.456 e. The van der Waals surface area contributed by atoms with E-state index in [1.54, 1.807) is 6.20 Å². The summed E-state index contributed by atoms with van der Waals surface area (Å²) in [5.41, 5.74) is 3.79. The number of thiazole rings is 1. The molecular weight excluding hydrogens is 537 g/mol. The smallest absolute Gasteiger partial charge is 0.234 e. The lowest BCUT2D eigenvalue weighted by Crippen LogP contribution is -2.13. The second kappa shape index (κ2) is 10.9. The van der Waals surface area contributed by atoms with E-state index in [9.17, 15) is 9.59 Å². The lowest BCUT2D eigenvalue weighted by molar-refractivity contribution is -0.114. The van der Waals surface area contributed by atoms with E-state index in [4.69, 9.17) is 4.42 Å². The first-order valence-corrected chi connectivity index (χ1v) is 14.5. The van der Waals surface area contributed by atoms with E-state index in [2.05, 4.69) is 20.6 Å². The van der Waals surface area contributed by atoms with Gasteiger partial charge in [-0.2, -0.15) is 0 Å². The van der Waals surface area contributed by atoms with Crippen molar-refractivity contribution in [3.05, 3.63) is 85.1 Å². The van der Waals surface area contributed by atoms with E-state index in [0.717, 1.165) is 41.5 Å². The molecule has 2 amide bonds. The van der Waals surface area contributed by atoms with E-state index >= 15 is 0 Å². The fourth-order valence-corrected chi connectivity index (χ4v) is 6.51. The average molecular weight is 557 g/mol. The highest BCUT2D eigenvalue weighted by Crippen LogP contribution is 2.32. The summed E-state index contributed by atoms with van der Waals surface area (Å²) in [5, 5.41) is 8.74. The molecule has 0 aliphatic carbocycles. The number of nitrogens with one attached hydrogen (secondary N) is 2. The first-order valence-electron chi connectivity index (χ1n) is 11.7. The summed E-state index contributed by atoms with van der Waals surface area (Å²) in [6.45, 7) is 0. The van der Waals surface area contributed by atoms with Crippen molar-refractivity contribution < 1.29 is 14.0 Å². The average Bonchev–Trinajstić information content (AvgIpc) is 3.51. The van der Waals surface area contributed by atoms with Crippen LogP contribution in [0.25, 0.3) is 32.2 Å². The number of benzene rings is 3. The highest BCUT2D eigenvalue weighted by atomic mass is 32.2. The molecule has 188 valence electrons. The maximum absolute atomic E-state index is 12.6. The Hall–Kier alpha value is -3.86. The Morgan fingerprint density at radius 3 is 2.37 bits per heavy atom. The second-order valence-electron chi connectivity index (χ2n) is 8.31. The van der Waals surface area contributed by atoms with Crippen molar-refractivity contribution in [3.8, 4) is 0 Å². The molecule has 0 saturated heterocycles. The Bertz CT molecular complexity index is 1780. The van der Waals surface area contributed by atoms with Crippen LogP contribution in [0, 0.1) is 0 Å². The van der Waals surface area contributed by atoms with Crippen molar-refractivity contribution in [2.75, 3.05) is 22.1 Å². The topological polar surface area (TPSA) is 97.1 Å². The summed E-state index contributed by atoms with van der Waals surface area (Å²) in [4.78, 5) is 33.8. The van der Waals surface area contributed by atoms with E-state index < -0.39 is 0 Å². The summed E-state index contributed by atoms with van der Waals surface area (Å²) in [6.07, 6.45) is 1.71. The predicted octanol–water partition coefficient (Wildman–Crippen LogP) is 7.05. The van der Waals surface area contributed by atoms with Crippen molar-refractivity contribution >= 4 is 90.2 Å². The third kappa shape index (κ3) is 5.52. The van der Waals surface area contributed by atoms with Crippen LogP contribution in [-0.2, 0) is 9.59 Å². The number of para-hydroxylation sites is 1. The van der Waals surface area contributed by atoms with Crippen LogP contribution in [0.1, 0.15) is 0 Å². The van der Waals surface area contributed by atoms with Crippen LogP contribution in [-0.4, -0.2) is 33.3 Å². The number of furan rings is 1. The number of hydrogen-bond acceptors (Lipinski definition) is 8. The monoisotopic (exact) mass is 556 g/mol. The van der Waals surface area contributed by atoms with Gasteiger partial charge in [0.15, 0.2) is 4.34 Å². The number of thioether (sulfide) groups is 2. The zero-order valence-electron chi connectivity index (χ0n) is 19.8. The van der Waals surface area contributed by atoms with E-state index in [-0.39, 0.29) is 23.3 Å². The van der Waals surface area contributed by atoms with Crippen molar-refractivity contribution in [1.82, 2.24) is 9.97 Å². The Kier molecular flexibility index (Phi) is 7.00. The van der Waals surface area contributed by atoms with Gasteiger partial charge >= 0.3 is 0 Å². The summed E-state index contributed by atoms with van der Waals surface area (Å²) in [6, 6.07) is 24.8. The Morgan fingerprint density at radius 1 is 0.789 bits per heavy atom. The molecule has 0 bridgehead atoms. The van der Waals surface area contributed by atoms with Crippen LogP contribution in [0.4, 0.5) is 11.4 Å². The molecule has 0 saturated carbocycles. The van der Waals surface area contributed by atoms with Gasteiger partial charge in [-0.3, -0.25) is 9.59 Å². The van der Waals surface area contributed by atoms with Crippen LogP contribution in [0.3, 0.4) is 0 Å². The molecule has 0 unspecified atom stereocenters. The SMILES string of the molecule is O=C(CSc1ccccn1)Nc1ccc2nc(SCC(=O)Nc3ccc4c(c3)oc3ccccc34)sc2c1. The fourth-order valence-electron chi connectivity index (χ4n) is 3.94. The van der Waals surface area contributed by atoms with Gasteiger partial charge < -0.3 is 15.1 Å². The maximum Gasteiger partial charge on any atom is 0.234 e. The minimum absolute atomic E-state index is 0.100. The molecule has 0 atom stereocenters. The molecule has 6 aromatic rings. The predicted molar refractivity (Wildman–Crippen MR) is 156 cm³/mol. The number of carbonyl (C=O) groups excluding carboxylic acids is 2. The summed E-state index contributed by atoms with van der Waals surface area (Å²) in [5.74, 6) is 0.281. The van der Waals surface area contributed by atoms with Crippen molar-refractivity contribution in [3.63, 3.8) is 0 Å². The molecule has 3 aromatic heterocycles. The number of anilines is 2. The molecule has 0 spiro atoms. The number of nitrogens with zero attached hydrogens (tertiary/aromatic N) is 2. The first-order chi connectivity index (χ1) is 18.6. The third-order valence-electron chi connectivity index (χ3n) is 5.63. The number of carbonyl (C=O) groups is 2. The van der Waals surface area contributed by atoms with Crippen LogP contribution < -0.4 is 10.6 Å². The zero-order valence-corrected chi connectivity index (χ0v) is 22.3. The molecule has 0 aliphatic rings. The molecule has 38 heavy (non-hydrogen) atoms. The van der Waals surface area contributed by atoms with Gasteiger partial charge in [0.25, 0.3) is 0 Å². The Labute approximate surface area is 230 Å². The van der Waals surface area contributed by atoms with Gasteiger partial charge in [-0.25, -0.2) is 9.97 Å². The maximum atomic E-state index is 12.6. The quantitative estimate of drug-likeness (QED) is 0.194. The van der Waals surface area contributed by atoms with Gasteiger partial charge in [0.2, 0.25) is 11.8 Å². The van der Waals surface area contributed by atoms with Crippen LogP contribution in [0.15, 0.2) is 98.8 Å². The molecule has 0 fully saturated rings. The number of aromatic nitrogens is 2. The number of fused-ring (bicyclic) bond motifs is 4. The normalized spacial score (nSPS) is 11.3. The standard InChI is InChI=1S/C28H20N4O3S3/c33-25(15-36-27-7-3-4-12-29-27)31-18-9-11-21-24(14-18)38-28(32-21)37-16-26(34)30-17-8-10-20-19-5-1-2-6-22(19)35-23(20)13-17/h1-14H,15-16H2,(H,30,34)(H,31,33). The second-order valence-corrected chi connectivity index (χ2v) is 11.6. The molecule has 3 heterocycles. The molecule has 7 nitrogen and oxygen atoms in total. The number of amides is 2. The molecule has 6 rings (SSSR count). The minimum Gasteiger partial charge on any atom is -0.456 e. The summed E-state index contributed by atoms with van der Waals surface area (Å²) < 4.78 is 7.64. The van der Waals surface area contributed by atoms with Gasteiger partial charge in [-0.15, -0.1) is 11.3 Å². The highest BCUT2D eigenvalue weighted by Gasteiger charge is 2.12. The molecule has 0 radical (unpaired) electrons. The highest BCUT2D eigenvalue weighted by molar-refractivity contribution is 8.01. The first kappa shape index (κ1) is 24.5. The fraction of sp³-hybridized carbons (Fsp3) is 0.0714. The van der Waals surface area contributed by atoms with Crippen LogP contribution >= 0.6 is 34.9 Å². The molecule has 0 aliphatic heterocycles. The van der Waals surface area contributed by atoms with Gasteiger partial charge in [0.05, 0.1) is 26.7 Å². The van der Waals surface area contributed by atoms with Crippen LogP contribution in [0.2, 0.25) is 0 Å². The van der Waals surface area contributed by atoms with Crippen molar-refractivity contribution in [2.24, 2.45) is 0 Å². The Morgan fingerprint density at radius 2 is 1.53 bits per heavy atom. The van der Waals surface area contributed by atoms with Crippen molar-refractivity contribution in [1.29, 1.82) is 0 Å². The molecular formula is C28H20N4O3S3. The van der Waals surface area contributed by atoms with E-state index in [1.165, 1.54) is 34.9 Å². The Balaban J connectivity index is 1.05. The van der Waals surface area contributed by atoms with E-state index in [0.29, 0.717) is 11.4 Å². The summed E-state index contributed by atoms with van der Waals surface area (Å²) >= 11 is 4.26. The lowest BCUT2D eigenvalue weighted by atomic mass is 10.1. The lowest BCUT2D eigenvalue weighted by Gasteiger charge is -2.04. The van der Waals surface area contributed by atoms with Crippen LogP contribution in [0.5, 0.6) is 0 Å². The minimum atomic E-state index is -0.122. The zero-order chi connectivity index (χ0) is 25.9.